The third-order valence-electron chi connectivity index (χ3n) is 5.56. The highest BCUT2D eigenvalue weighted by atomic mass is 32.2. The average molecular weight is 450 g/mol. The molecule has 0 radical (unpaired) electrons. The minimum atomic E-state index is -0.782. The highest BCUT2D eigenvalue weighted by molar-refractivity contribution is 8.01. The van der Waals surface area contributed by atoms with E-state index in [0.29, 0.717) is 11.1 Å². The predicted molar refractivity (Wildman–Crippen MR) is 129 cm³/mol. The molecule has 2 aromatic heterocycles. The number of carbonyl (C=O) groups is 1. The molecule has 0 spiro atoms. The number of esters is 1. The summed E-state index contributed by atoms with van der Waals surface area (Å²) in [6.07, 6.45) is 2.55. The smallest absolute Gasteiger partial charge is 0.321 e. The number of methoxy groups -OCH3 is 1. The van der Waals surface area contributed by atoms with Gasteiger partial charge < -0.3 is 10.1 Å². The highest BCUT2D eigenvalue weighted by Gasteiger charge is 2.32. The number of hydrogen-bond acceptors (Lipinski definition) is 7. The van der Waals surface area contributed by atoms with E-state index in [0.717, 1.165) is 21.7 Å². The molecule has 1 fully saturated rings. The van der Waals surface area contributed by atoms with Crippen LogP contribution in [0.4, 0.5) is 11.5 Å². The van der Waals surface area contributed by atoms with E-state index in [2.05, 4.69) is 46.7 Å². The van der Waals surface area contributed by atoms with Gasteiger partial charge in [-0.3, -0.25) is 4.79 Å². The summed E-state index contributed by atoms with van der Waals surface area (Å²) in [7, 11) is 1.40. The lowest BCUT2D eigenvalue weighted by molar-refractivity contribution is -0.142. The Morgan fingerprint density at radius 1 is 1.10 bits per heavy atom. The molecule has 31 heavy (non-hydrogen) atoms. The van der Waals surface area contributed by atoms with E-state index in [1.807, 2.05) is 25.3 Å². The molecule has 1 saturated carbocycles. The normalized spacial score (nSPS) is 14.2. The van der Waals surface area contributed by atoms with Crippen LogP contribution in [0.15, 0.2) is 53.0 Å². The van der Waals surface area contributed by atoms with Crippen LogP contribution in [0.25, 0.3) is 21.0 Å². The van der Waals surface area contributed by atoms with Gasteiger partial charge in [-0.25, -0.2) is 9.97 Å². The van der Waals surface area contributed by atoms with Crippen LogP contribution in [0.3, 0.4) is 0 Å². The Kier molecular flexibility index (Phi) is 5.10. The van der Waals surface area contributed by atoms with E-state index in [-0.39, 0.29) is 5.97 Å². The SMILES string of the molecule is COC(=O)C(C)(C)Sc1nc(Nc2ccc(C3CC3)c3ccccc23)c2ccsc2n1. The van der Waals surface area contributed by atoms with Crippen molar-refractivity contribution in [3.63, 3.8) is 0 Å². The summed E-state index contributed by atoms with van der Waals surface area (Å²) in [5.41, 5.74) is 2.45. The monoisotopic (exact) mass is 449 g/mol. The molecule has 2 aromatic carbocycles. The number of rotatable bonds is 6. The van der Waals surface area contributed by atoms with Gasteiger partial charge >= 0.3 is 5.97 Å². The second-order valence-corrected chi connectivity index (χ2v) is 10.7. The zero-order valence-corrected chi connectivity index (χ0v) is 19.3. The highest BCUT2D eigenvalue weighted by Crippen LogP contribution is 2.45. The van der Waals surface area contributed by atoms with Crippen molar-refractivity contribution in [3.05, 3.63) is 53.4 Å². The molecule has 5 nitrogen and oxygen atoms in total. The maximum absolute atomic E-state index is 12.2. The lowest BCUT2D eigenvalue weighted by Gasteiger charge is -2.20. The average Bonchev–Trinajstić information content (AvgIpc) is 3.49. The second-order valence-electron chi connectivity index (χ2n) is 8.25. The van der Waals surface area contributed by atoms with Crippen LogP contribution in [0.5, 0.6) is 0 Å². The first-order valence-electron chi connectivity index (χ1n) is 10.3. The quantitative estimate of drug-likeness (QED) is 0.206. The van der Waals surface area contributed by atoms with Gasteiger partial charge in [0.1, 0.15) is 15.4 Å². The lowest BCUT2D eigenvalue weighted by atomic mass is 9.99. The number of fused-ring (bicyclic) bond motifs is 2. The van der Waals surface area contributed by atoms with Gasteiger partial charge in [0.15, 0.2) is 5.16 Å². The van der Waals surface area contributed by atoms with Crippen LogP contribution in [-0.2, 0) is 9.53 Å². The molecular formula is C24H23N3O2S2. The Morgan fingerprint density at radius 3 is 2.61 bits per heavy atom. The molecule has 0 saturated heterocycles. The maximum atomic E-state index is 12.2. The molecule has 158 valence electrons. The van der Waals surface area contributed by atoms with Crippen molar-refractivity contribution < 1.29 is 9.53 Å². The summed E-state index contributed by atoms with van der Waals surface area (Å²) in [5.74, 6) is 1.13. The first-order valence-corrected chi connectivity index (χ1v) is 12.0. The van der Waals surface area contributed by atoms with E-state index in [1.165, 1.54) is 48.0 Å². The van der Waals surface area contributed by atoms with Crippen molar-refractivity contribution in [1.29, 1.82) is 0 Å². The van der Waals surface area contributed by atoms with Crippen molar-refractivity contribution in [1.82, 2.24) is 9.97 Å². The minimum absolute atomic E-state index is 0.302. The topological polar surface area (TPSA) is 64.1 Å². The molecule has 1 N–H and O–H groups in total. The summed E-state index contributed by atoms with van der Waals surface area (Å²) in [6.45, 7) is 3.64. The largest absolute Gasteiger partial charge is 0.468 e. The Morgan fingerprint density at radius 2 is 1.87 bits per heavy atom. The number of hydrogen-bond donors (Lipinski definition) is 1. The van der Waals surface area contributed by atoms with Crippen LogP contribution < -0.4 is 5.32 Å². The van der Waals surface area contributed by atoms with Crippen LogP contribution >= 0.6 is 23.1 Å². The summed E-state index contributed by atoms with van der Waals surface area (Å²) >= 11 is 2.87. The van der Waals surface area contributed by atoms with Gasteiger partial charge in [-0.2, -0.15) is 0 Å². The number of anilines is 2. The van der Waals surface area contributed by atoms with Crippen molar-refractivity contribution in [3.8, 4) is 0 Å². The fourth-order valence-corrected chi connectivity index (χ4v) is 5.52. The number of nitrogens with zero attached hydrogens (tertiary/aromatic N) is 2. The zero-order valence-electron chi connectivity index (χ0n) is 17.6. The van der Waals surface area contributed by atoms with Crippen molar-refractivity contribution in [2.75, 3.05) is 12.4 Å². The summed E-state index contributed by atoms with van der Waals surface area (Å²) < 4.78 is 4.16. The molecule has 0 atom stereocenters. The lowest BCUT2D eigenvalue weighted by Crippen LogP contribution is -2.29. The van der Waals surface area contributed by atoms with Crippen molar-refractivity contribution in [2.24, 2.45) is 0 Å². The molecule has 1 aliphatic rings. The Balaban J connectivity index is 1.56. The predicted octanol–water partition coefficient (Wildman–Crippen LogP) is 6.51. The number of benzene rings is 2. The van der Waals surface area contributed by atoms with Gasteiger partial charge in [0, 0.05) is 11.1 Å². The molecular weight excluding hydrogens is 426 g/mol. The molecule has 2 heterocycles. The van der Waals surface area contributed by atoms with E-state index < -0.39 is 4.75 Å². The number of thioether (sulfide) groups is 1. The van der Waals surface area contributed by atoms with Gasteiger partial charge in [0.25, 0.3) is 0 Å². The van der Waals surface area contributed by atoms with Gasteiger partial charge in [-0.15, -0.1) is 11.3 Å². The summed E-state index contributed by atoms with van der Waals surface area (Å²) in [6, 6.07) is 15.0. The molecule has 0 unspecified atom stereocenters. The van der Waals surface area contributed by atoms with Gasteiger partial charge in [-0.1, -0.05) is 42.1 Å². The van der Waals surface area contributed by atoms with Crippen LogP contribution in [0, 0.1) is 0 Å². The van der Waals surface area contributed by atoms with E-state index in [9.17, 15) is 4.79 Å². The number of carbonyl (C=O) groups excluding carboxylic acids is 1. The summed E-state index contributed by atoms with van der Waals surface area (Å²) in [5, 5.41) is 9.58. The van der Waals surface area contributed by atoms with Crippen molar-refractivity contribution in [2.45, 2.75) is 42.5 Å². The van der Waals surface area contributed by atoms with E-state index >= 15 is 0 Å². The van der Waals surface area contributed by atoms with E-state index in [4.69, 9.17) is 9.72 Å². The van der Waals surface area contributed by atoms with Crippen LogP contribution in [0.2, 0.25) is 0 Å². The van der Waals surface area contributed by atoms with Gasteiger partial charge in [0.05, 0.1) is 12.5 Å². The fraction of sp³-hybridized carbons (Fsp3) is 0.292. The Hall–Kier alpha value is -2.64. The third-order valence-corrected chi connectivity index (χ3v) is 7.40. The standard InChI is InChI=1S/C24H23N3O2S2/c1-24(2,22(28)29-3)31-23-26-20(18-12-13-30-21(18)27-23)25-19-11-10-15(14-8-9-14)16-6-4-5-7-17(16)19/h4-7,10-14H,8-9H2,1-3H3,(H,25,26,27). The second kappa shape index (κ2) is 7.80. The minimum Gasteiger partial charge on any atom is -0.468 e. The molecule has 0 aliphatic heterocycles. The molecule has 4 aromatic rings. The number of nitrogens with one attached hydrogen (secondary N) is 1. The zero-order chi connectivity index (χ0) is 21.6. The molecule has 0 bridgehead atoms. The maximum Gasteiger partial charge on any atom is 0.321 e. The number of ether oxygens (including phenoxy) is 1. The molecule has 5 rings (SSSR count). The molecule has 7 heteroatoms. The fourth-order valence-electron chi connectivity index (χ4n) is 3.80. The first-order chi connectivity index (χ1) is 15.0. The molecule has 0 amide bonds. The van der Waals surface area contributed by atoms with Crippen LogP contribution in [0.1, 0.15) is 38.2 Å². The molecule has 1 aliphatic carbocycles. The number of aromatic nitrogens is 2. The first kappa shape index (κ1) is 20.3. The van der Waals surface area contributed by atoms with Crippen LogP contribution in [-0.4, -0.2) is 27.8 Å². The van der Waals surface area contributed by atoms with Gasteiger partial charge in [0.2, 0.25) is 0 Å². The van der Waals surface area contributed by atoms with Gasteiger partial charge in [-0.05, 0) is 61.1 Å². The Labute approximate surface area is 189 Å². The van der Waals surface area contributed by atoms with E-state index in [1.54, 1.807) is 11.3 Å². The third kappa shape index (κ3) is 3.88. The number of thiophene rings is 1. The summed E-state index contributed by atoms with van der Waals surface area (Å²) in [4.78, 5) is 22.5. The van der Waals surface area contributed by atoms with Crippen molar-refractivity contribution >= 4 is 61.6 Å². The Bertz CT molecular complexity index is 1290.